The quantitative estimate of drug-likeness (QED) is 0.703. The highest BCUT2D eigenvalue weighted by Gasteiger charge is 2.18. The number of nitrogen functional groups attached to an aromatic ring is 1. The monoisotopic (exact) mass is 210 g/mol. The number of nitrogens with two attached hydrogens (primary N) is 1. The third-order valence-corrected chi connectivity index (χ3v) is 1.80. The molecule has 0 aliphatic rings. The lowest BCUT2D eigenvalue weighted by atomic mass is 10.1. The van der Waals surface area contributed by atoms with Crippen LogP contribution in [0.15, 0.2) is 12.4 Å². The molecule has 0 spiro atoms. The number of nitrogens with zero attached hydrogens (tertiary/aromatic N) is 1. The minimum Gasteiger partial charge on any atom is -0.465 e. The summed E-state index contributed by atoms with van der Waals surface area (Å²) in [5.74, 6) is -1.29. The molecule has 6 heteroatoms. The van der Waals surface area contributed by atoms with Crippen molar-refractivity contribution in [3.63, 3.8) is 0 Å². The molecule has 0 atom stereocenters. The Morgan fingerprint density at radius 1 is 1.13 bits per heavy atom. The Morgan fingerprint density at radius 3 is 1.87 bits per heavy atom. The Bertz CT molecular complexity index is 369. The van der Waals surface area contributed by atoms with Crippen LogP contribution in [0.25, 0.3) is 0 Å². The number of esters is 2. The first kappa shape index (κ1) is 11.0. The lowest BCUT2D eigenvalue weighted by Crippen LogP contribution is -2.12. The van der Waals surface area contributed by atoms with Gasteiger partial charge in [-0.15, -0.1) is 0 Å². The number of hydrogen-bond acceptors (Lipinski definition) is 6. The molecule has 1 aromatic heterocycles. The molecule has 0 unspecified atom stereocenters. The molecule has 2 N–H and O–H groups in total. The molecule has 1 aromatic rings. The summed E-state index contributed by atoms with van der Waals surface area (Å²) >= 11 is 0. The normalized spacial score (nSPS) is 9.47. The van der Waals surface area contributed by atoms with Crippen molar-refractivity contribution < 1.29 is 19.1 Å². The number of methoxy groups -OCH3 is 2. The summed E-state index contributed by atoms with van der Waals surface area (Å²) in [5, 5.41) is 0. The van der Waals surface area contributed by atoms with Crippen LogP contribution in [-0.2, 0) is 9.47 Å². The molecular weight excluding hydrogens is 200 g/mol. The topological polar surface area (TPSA) is 91.5 Å². The van der Waals surface area contributed by atoms with Gasteiger partial charge in [0.1, 0.15) is 11.1 Å². The van der Waals surface area contributed by atoms with Gasteiger partial charge < -0.3 is 15.2 Å². The van der Waals surface area contributed by atoms with E-state index in [0.29, 0.717) is 0 Å². The SMILES string of the molecule is COC(=O)c1cncc(C(=O)OC)c1N. The summed E-state index contributed by atoms with van der Waals surface area (Å²) in [6.45, 7) is 0. The zero-order chi connectivity index (χ0) is 11.4. The van der Waals surface area contributed by atoms with E-state index in [-0.39, 0.29) is 16.8 Å². The lowest BCUT2D eigenvalue weighted by Gasteiger charge is -2.06. The number of rotatable bonds is 2. The molecule has 0 aliphatic carbocycles. The Labute approximate surface area is 86.0 Å². The summed E-state index contributed by atoms with van der Waals surface area (Å²) in [7, 11) is 2.43. The Balaban J connectivity index is 3.23. The van der Waals surface area contributed by atoms with Crippen LogP contribution in [-0.4, -0.2) is 31.1 Å². The van der Waals surface area contributed by atoms with Crippen LogP contribution >= 0.6 is 0 Å². The number of pyridine rings is 1. The maximum absolute atomic E-state index is 11.2. The van der Waals surface area contributed by atoms with Crippen molar-refractivity contribution in [1.82, 2.24) is 4.98 Å². The van der Waals surface area contributed by atoms with E-state index in [0.717, 1.165) is 0 Å². The van der Waals surface area contributed by atoms with E-state index in [1.165, 1.54) is 26.6 Å². The average molecular weight is 210 g/mol. The van der Waals surface area contributed by atoms with E-state index in [2.05, 4.69) is 14.5 Å². The molecule has 15 heavy (non-hydrogen) atoms. The second kappa shape index (κ2) is 4.41. The van der Waals surface area contributed by atoms with Crippen molar-refractivity contribution in [2.75, 3.05) is 20.0 Å². The fraction of sp³-hybridized carbons (Fsp3) is 0.222. The highest BCUT2D eigenvalue weighted by molar-refractivity contribution is 6.02. The molecule has 1 heterocycles. The zero-order valence-corrected chi connectivity index (χ0v) is 8.31. The first-order valence-corrected chi connectivity index (χ1v) is 4.02. The highest BCUT2D eigenvalue weighted by Crippen LogP contribution is 2.17. The van der Waals surface area contributed by atoms with Gasteiger partial charge in [-0.1, -0.05) is 0 Å². The molecule has 0 bridgehead atoms. The number of carbonyl (C=O) groups excluding carboxylic acids is 2. The third-order valence-electron chi connectivity index (χ3n) is 1.80. The average Bonchev–Trinajstić information content (AvgIpc) is 2.27. The molecule has 0 amide bonds. The molecule has 0 radical (unpaired) electrons. The van der Waals surface area contributed by atoms with Crippen molar-refractivity contribution in [2.45, 2.75) is 0 Å². The number of ether oxygens (including phenoxy) is 2. The Morgan fingerprint density at radius 2 is 1.53 bits per heavy atom. The largest absolute Gasteiger partial charge is 0.465 e. The van der Waals surface area contributed by atoms with Crippen LogP contribution < -0.4 is 5.73 Å². The van der Waals surface area contributed by atoms with Crippen LogP contribution in [0.1, 0.15) is 20.7 Å². The Kier molecular flexibility index (Phi) is 3.22. The van der Waals surface area contributed by atoms with Crippen molar-refractivity contribution in [2.24, 2.45) is 0 Å². The maximum Gasteiger partial charge on any atom is 0.341 e. The molecule has 0 saturated carbocycles. The van der Waals surface area contributed by atoms with Gasteiger partial charge in [0.2, 0.25) is 0 Å². The van der Waals surface area contributed by atoms with Crippen LogP contribution in [0.2, 0.25) is 0 Å². The van der Waals surface area contributed by atoms with Crippen molar-refractivity contribution in [3.05, 3.63) is 23.5 Å². The molecule has 0 fully saturated rings. The Hall–Kier alpha value is -2.11. The van der Waals surface area contributed by atoms with Crippen LogP contribution in [0.4, 0.5) is 5.69 Å². The second-order valence-corrected chi connectivity index (χ2v) is 2.63. The van der Waals surface area contributed by atoms with E-state index in [1.54, 1.807) is 0 Å². The first-order chi connectivity index (χ1) is 7.11. The van der Waals surface area contributed by atoms with Gasteiger partial charge >= 0.3 is 11.9 Å². The number of anilines is 1. The highest BCUT2D eigenvalue weighted by atomic mass is 16.5. The lowest BCUT2D eigenvalue weighted by molar-refractivity contribution is 0.0601. The molecule has 0 aromatic carbocycles. The predicted octanol–water partition coefficient (Wildman–Crippen LogP) is 0.237. The zero-order valence-electron chi connectivity index (χ0n) is 8.31. The van der Waals surface area contributed by atoms with Gasteiger partial charge in [-0.3, -0.25) is 4.98 Å². The summed E-state index contributed by atoms with van der Waals surface area (Å²) < 4.78 is 8.95. The maximum atomic E-state index is 11.2. The summed E-state index contributed by atoms with van der Waals surface area (Å²) in [4.78, 5) is 26.1. The molecular formula is C9H10N2O4. The number of aromatic nitrogens is 1. The molecule has 0 aliphatic heterocycles. The van der Waals surface area contributed by atoms with E-state index >= 15 is 0 Å². The van der Waals surface area contributed by atoms with Crippen LogP contribution in [0, 0.1) is 0 Å². The van der Waals surface area contributed by atoms with E-state index in [9.17, 15) is 9.59 Å². The molecule has 6 nitrogen and oxygen atoms in total. The molecule has 1 rings (SSSR count). The van der Waals surface area contributed by atoms with Crippen molar-refractivity contribution >= 4 is 17.6 Å². The smallest absolute Gasteiger partial charge is 0.341 e. The van der Waals surface area contributed by atoms with Gasteiger partial charge in [0.15, 0.2) is 0 Å². The van der Waals surface area contributed by atoms with Gasteiger partial charge in [0.25, 0.3) is 0 Å². The second-order valence-electron chi connectivity index (χ2n) is 2.63. The van der Waals surface area contributed by atoms with Gasteiger partial charge in [0.05, 0.1) is 19.9 Å². The van der Waals surface area contributed by atoms with Crippen LogP contribution in [0.5, 0.6) is 0 Å². The number of hydrogen-bond donors (Lipinski definition) is 1. The van der Waals surface area contributed by atoms with E-state index in [4.69, 9.17) is 5.73 Å². The van der Waals surface area contributed by atoms with Gasteiger partial charge in [-0.05, 0) is 0 Å². The van der Waals surface area contributed by atoms with Gasteiger partial charge in [0, 0.05) is 12.4 Å². The third kappa shape index (κ3) is 2.04. The molecule has 80 valence electrons. The minimum atomic E-state index is -0.647. The van der Waals surface area contributed by atoms with E-state index < -0.39 is 11.9 Å². The van der Waals surface area contributed by atoms with E-state index in [1.807, 2.05) is 0 Å². The summed E-state index contributed by atoms with van der Waals surface area (Å²) in [6.07, 6.45) is 2.46. The van der Waals surface area contributed by atoms with Gasteiger partial charge in [-0.2, -0.15) is 0 Å². The van der Waals surface area contributed by atoms with Gasteiger partial charge in [-0.25, -0.2) is 9.59 Å². The fourth-order valence-corrected chi connectivity index (χ4v) is 1.02. The van der Waals surface area contributed by atoms with Crippen LogP contribution in [0.3, 0.4) is 0 Å². The standard InChI is InChI=1S/C9H10N2O4/c1-14-8(12)5-3-11-4-6(7(5)10)9(13)15-2/h3-4H,1-2H3,(H2,10,11). The van der Waals surface area contributed by atoms with Crippen molar-refractivity contribution in [1.29, 1.82) is 0 Å². The first-order valence-electron chi connectivity index (χ1n) is 4.02. The predicted molar refractivity (Wildman–Crippen MR) is 51.3 cm³/mol. The summed E-state index contributed by atoms with van der Waals surface area (Å²) in [5.41, 5.74) is 5.68. The minimum absolute atomic E-state index is 0.00343. The molecule has 0 saturated heterocycles. The van der Waals surface area contributed by atoms with Crippen molar-refractivity contribution in [3.8, 4) is 0 Å². The number of carbonyl (C=O) groups is 2. The fourth-order valence-electron chi connectivity index (χ4n) is 1.02. The summed E-state index contributed by atoms with van der Waals surface area (Å²) in [6, 6.07) is 0.